The first-order valence-electron chi connectivity index (χ1n) is 6.16. The van der Waals surface area contributed by atoms with Crippen LogP contribution in [0.5, 0.6) is 0 Å². The first-order valence-corrected chi connectivity index (χ1v) is 6.95. The third-order valence-electron chi connectivity index (χ3n) is 3.00. The van der Waals surface area contributed by atoms with Crippen molar-refractivity contribution in [3.05, 3.63) is 63.6 Å². The molecule has 0 aliphatic heterocycles. The SMILES string of the molecule is Cc1ccc(C(C)NC(=O)c2ccc(Br)cn2)cc1F. The average molecular weight is 337 g/mol. The third-order valence-corrected chi connectivity index (χ3v) is 3.47. The van der Waals surface area contributed by atoms with Gasteiger partial charge in [0.1, 0.15) is 11.5 Å². The summed E-state index contributed by atoms with van der Waals surface area (Å²) in [4.78, 5) is 16.0. The molecule has 1 aromatic carbocycles. The van der Waals surface area contributed by atoms with Crippen molar-refractivity contribution in [2.75, 3.05) is 0 Å². The molecule has 0 radical (unpaired) electrons. The summed E-state index contributed by atoms with van der Waals surface area (Å²) in [5, 5.41) is 2.80. The number of halogens is 2. The molecule has 20 heavy (non-hydrogen) atoms. The molecule has 0 saturated heterocycles. The molecule has 0 aliphatic carbocycles. The van der Waals surface area contributed by atoms with Gasteiger partial charge in [0.15, 0.2) is 0 Å². The van der Waals surface area contributed by atoms with Crippen LogP contribution in [0.15, 0.2) is 41.0 Å². The Kier molecular flexibility index (Phi) is 4.49. The third kappa shape index (κ3) is 3.42. The molecule has 1 atom stereocenters. The van der Waals surface area contributed by atoms with E-state index in [-0.39, 0.29) is 17.8 Å². The quantitative estimate of drug-likeness (QED) is 0.926. The van der Waals surface area contributed by atoms with Crippen LogP contribution < -0.4 is 5.32 Å². The second-order valence-corrected chi connectivity index (χ2v) is 5.48. The summed E-state index contributed by atoms with van der Waals surface area (Å²) in [6, 6.07) is 8.03. The Balaban J connectivity index is 2.10. The Labute approximate surface area is 125 Å². The van der Waals surface area contributed by atoms with Gasteiger partial charge in [0, 0.05) is 10.7 Å². The van der Waals surface area contributed by atoms with Crippen LogP contribution in [0.1, 0.15) is 34.6 Å². The standard InChI is InChI=1S/C15H14BrFN2O/c1-9-3-4-11(7-13(9)17)10(2)19-15(20)14-6-5-12(16)8-18-14/h3-8,10H,1-2H3,(H,19,20). The first-order chi connectivity index (χ1) is 9.47. The minimum absolute atomic E-state index is 0.273. The highest BCUT2D eigenvalue weighted by atomic mass is 79.9. The molecule has 1 N–H and O–H groups in total. The molecule has 5 heteroatoms. The topological polar surface area (TPSA) is 42.0 Å². The molecule has 1 unspecified atom stereocenters. The van der Waals surface area contributed by atoms with Crippen LogP contribution in [-0.4, -0.2) is 10.9 Å². The minimum Gasteiger partial charge on any atom is -0.344 e. The smallest absolute Gasteiger partial charge is 0.270 e. The second-order valence-electron chi connectivity index (χ2n) is 4.57. The zero-order chi connectivity index (χ0) is 14.7. The molecule has 3 nitrogen and oxygen atoms in total. The maximum atomic E-state index is 13.5. The summed E-state index contributed by atoms with van der Waals surface area (Å²) in [6.07, 6.45) is 1.56. The second kappa shape index (κ2) is 6.13. The molecule has 0 fully saturated rings. The van der Waals surface area contributed by atoms with Crippen molar-refractivity contribution in [2.24, 2.45) is 0 Å². The summed E-state index contributed by atoms with van der Waals surface area (Å²) in [5.74, 6) is -0.559. The number of rotatable bonds is 3. The van der Waals surface area contributed by atoms with Crippen molar-refractivity contribution in [2.45, 2.75) is 19.9 Å². The number of carbonyl (C=O) groups is 1. The number of aryl methyl sites for hydroxylation is 1. The number of nitrogens with one attached hydrogen (secondary N) is 1. The molecule has 0 saturated carbocycles. The van der Waals surface area contributed by atoms with Crippen LogP contribution in [0.3, 0.4) is 0 Å². The Morgan fingerprint density at radius 3 is 2.70 bits per heavy atom. The van der Waals surface area contributed by atoms with Gasteiger partial charge in [-0.15, -0.1) is 0 Å². The Hall–Kier alpha value is -1.75. The van der Waals surface area contributed by atoms with Crippen LogP contribution in [0.4, 0.5) is 4.39 Å². The van der Waals surface area contributed by atoms with E-state index in [2.05, 4.69) is 26.2 Å². The molecule has 2 rings (SSSR count). The van der Waals surface area contributed by atoms with Crippen molar-refractivity contribution >= 4 is 21.8 Å². The average Bonchev–Trinajstić information content (AvgIpc) is 2.42. The van der Waals surface area contributed by atoms with Crippen molar-refractivity contribution in [3.8, 4) is 0 Å². The number of hydrogen-bond acceptors (Lipinski definition) is 2. The van der Waals surface area contributed by atoms with E-state index in [1.165, 1.54) is 6.07 Å². The highest BCUT2D eigenvalue weighted by Gasteiger charge is 2.13. The van der Waals surface area contributed by atoms with E-state index in [9.17, 15) is 9.18 Å². The number of nitrogens with zero attached hydrogens (tertiary/aromatic N) is 1. The summed E-state index contributed by atoms with van der Waals surface area (Å²) < 4.78 is 14.3. The predicted octanol–water partition coefficient (Wildman–Crippen LogP) is 3.78. The van der Waals surface area contributed by atoms with E-state index in [4.69, 9.17) is 0 Å². The lowest BCUT2D eigenvalue weighted by molar-refractivity contribution is 0.0934. The molecule has 1 amide bonds. The number of aromatic nitrogens is 1. The molecule has 1 heterocycles. The van der Waals surface area contributed by atoms with Crippen LogP contribution in [-0.2, 0) is 0 Å². The van der Waals surface area contributed by atoms with E-state index in [1.807, 2.05) is 0 Å². The van der Waals surface area contributed by atoms with E-state index < -0.39 is 0 Å². The number of hydrogen-bond donors (Lipinski definition) is 1. The molecular weight excluding hydrogens is 323 g/mol. The maximum Gasteiger partial charge on any atom is 0.270 e. The summed E-state index contributed by atoms with van der Waals surface area (Å²) in [7, 11) is 0. The summed E-state index contributed by atoms with van der Waals surface area (Å²) >= 11 is 3.26. The summed E-state index contributed by atoms with van der Waals surface area (Å²) in [5.41, 5.74) is 1.63. The van der Waals surface area contributed by atoms with Crippen LogP contribution in [0, 0.1) is 12.7 Å². The van der Waals surface area contributed by atoms with Crippen LogP contribution in [0.2, 0.25) is 0 Å². The van der Waals surface area contributed by atoms with Gasteiger partial charge in [0.2, 0.25) is 0 Å². The first kappa shape index (κ1) is 14.7. The van der Waals surface area contributed by atoms with Gasteiger partial charge >= 0.3 is 0 Å². The van der Waals surface area contributed by atoms with Gasteiger partial charge in [-0.2, -0.15) is 0 Å². The summed E-state index contributed by atoms with van der Waals surface area (Å²) in [6.45, 7) is 3.51. The minimum atomic E-state index is -0.289. The molecule has 0 spiro atoms. The van der Waals surface area contributed by atoms with E-state index >= 15 is 0 Å². The highest BCUT2D eigenvalue weighted by Crippen LogP contribution is 2.17. The lowest BCUT2D eigenvalue weighted by Crippen LogP contribution is -2.27. The van der Waals surface area contributed by atoms with Crippen molar-refractivity contribution in [1.29, 1.82) is 0 Å². The maximum absolute atomic E-state index is 13.5. The van der Waals surface area contributed by atoms with E-state index in [1.54, 1.807) is 44.3 Å². The van der Waals surface area contributed by atoms with Gasteiger partial charge in [-0.05, 0) is 59.1 Å². The molecular formula is C15H14BrFN2O. The predicted molar refractivity (Wildman–Crippen MR) is 79.0 cm³/mol. The van der Waals surface area contributed by atoms with Gasteiger partial charge in [-0.25, -0.2) is 9.37 Å². The zero-order valence-corrected chi connectivity index (χ0v) is 12.7. The van der Waals surface area contributed by atoms with E-state index in [0.29, 0.717) is 11.3 Å². The number of amides is 1. The number of carbonyl (C=O) groups excluding carboxylic acids is 1. The molecule has 0 bridgehead atoms. The normalized spacial score (nSPS) is 12.0. The van der Waals surface area contributed by atoms with Gasteiger partial charge in [0.05, 0.1) is 6.04 Å². The lowest BCUT2D eigenvalue weighted by Gasteiger charge is -2.14. The monoisotopic (exact) mass is 336 g/mol. The fraction of sp³-hybridized carbons (Fsp3) is 0.200. The van der Waals surface area contributed by atoms with E-state index in [0.717, 1.165) is 10.0 Å². The Morgan fingerprint density at radius 1 is 1.35 bits per heavy atom. The molecule has 1 aromatic heterocycles. The van der Waals surface area contributed by atoms with Crippen LogP contribution >= 0.6 is 15.9 Å². The molecule has 104 valence electrons. The molecule has 0 aliphatic rings. The fourth-order valence-electron chi connectivity index (χ4n) is 1.74. The Morgan fingerprint density at radius 2 is 2.10 bits per heavy atom. The Bertz CT molecular complexity index is 628. The largest absolute Gasteiger partial charge is 0.344 e. The molecule has 2 aromatic rings. The van der Waals surface area contributed by atoms with Crippen molar-refractivity contribution in [1.82, 2.24) is 10.3 Å². The van der Waals surface area contributed by atoms with Crippen molar-refractivity contribution < 1.29 is 9.18 Å². The van der Waals surface area contributed by atoms with Gasteiger partial charge in [-0.3, -0.25) is 4.79 Å². The van der Waals surface area contributed by atoms with Gasteiger partial charge in [0.25, 0.3) is 5.91 Å². The fourth-order valence-corrected chi connectivity index (χ4v) is 1.98. The number of pyridine rings is 1. The number of benzene rings is 1. The highest BCUT2D eigenvalue weighted by molar-refractivity contribution is 9.10. The van der Waals surface area contributed by atoms with Gasteiger partial charge in [-0.1, -0.05) is 12.1 Å². The van der Waals surface area contributed by atoms with Crippen molar-refractivity contribution in [3.63, 3.8) is 0 Å². The van der Waals surface area contributed by atoms with Crippen LogP contribution in [0.25, 0.3) is 0 Å². The zero-order valence-electron chi connectivity index (χ0n) is 11.2. The van der Waals surface area contributed by atoms with Gasteiger partial charge < -0.3 is 5.32 Å². The lowest BCUT2D eigenvalue weighted by atomic mass is 10.1.